The molecule has 1 aromatic carbocycles. The standard InChI is InChI=1S/C25H30O23.Na.H/c1-42-18-16(43-21(37)10(31)4-26)9(2-3-15(36)47-48-25(41)14(35)8-30)17(44-22(38)11(32)5-27)19(45-23(39)12(33)6-28)20(18)46-24(40)13(34)7-29;;/h2-3,10-14,26-35H,4-8H2,1H3;;. The second kappa shape index (κ2) is 22.0. The Kier molecular flexibility index (Phi) is 20.3. The quantitative estimate of drug-likeness (QED) is 0.0178. The molecule has 49 heavy (non-hydrogen) atoms. The molecular weight excluding hydrogens is 691 g/mol. The Morgan fingerprint density at radius 2 is 0.816 bits per heavy atom. The van der Waals surface area contributed by atoms with E-state index in [1.807, 2.05) is 0 Å². The van der Waals surface area contributed by atoms with Crippen LogP contribution >= 0.6 is 0 Å². The van der Waals surface area contributed by atoms with Gasteiger partial charge in [-0.25, -0.2) is 38.5 Å². The van der Waals surface area contributed by atoms with Gasteiger partial charge >= 0.3 is 65.4 Å². The fourth-order valence-electron chi connectivity index (χ4n) is 2.75. The van der Waals surface area contributed by atoms with E-state index in [9.17, 15) is 69.6 Å². The summed E-state index contributed by atoms with van der Waals surface area (Å²) in [5.41, 5.74) is -1.01. The van der Waals surface area contributed by atoms with Gasteiger partial charge in [0.05, 0.1) is 45.7 Å². The molecule has 0 saturated carbocycles. The zero-order chi connectivity index (χ0) is 36.7. The van der Waals surface area contributed by atoms with Crippen molar-refractivity contribution in [3.05, 3.63) is 11.6 Å². The van der Waals surface area contributed by atoms with Gasteiger partial charge in [-0.3, -0.25) is 0 Å². The van der Waals surface area contributed by atoms with Crippen LogP contribution in [0.2, 0.25) is 0 Å². The first-order chi connectivity index (χ1) is 22.6. The number of rotatable bonds is 17. The molecule has 0 aliphatic rings. The van der Waals surface area contributed by atoms with Crippen LogP contribution in [0, 0.1) is 0 Å². The number of carbonyl (C=O) groups excluding carboxylic acids is 6. The van der Waals surface area contributed by atoms with E-state index in [0.717, 1.165) is 7.11 Å². The van der Waals surface area contributed by atoms with E-state index in [4.69, 9.17) is 33.9 Å². The first kappa shape index (κ1) is 45.2. The Morgan fingerprint density at radius 3 is 1.16 bits per heavy atom. The SMILES string of the molecule is COc1c(OC(=O)C(O)CO)c(C=CC(=O)OOC(=O)C(O)CO)c(OC(=O)C(O)CO)c(OC(=O)C(O)CO)c1OC(=O)C(O)CO.[NaH]. The topological polar surface area (TPSA) is 369 Å². The second-order valence-electron chi connectivity index (χ2n) is 8.58. The molecule has 24 heteroatoms. The number of carbonyl (C=O) groups is 6. The van der Waals surface area contributed by atoms with E-state index in [1.165, 1.54) is 0 Å². The van der Waals surface area contributed by atoms with Gasteiger partial charge < -0.3 is 74.7 Å². The maximum atomic E-state index is 12.6. The molecule has 0 aliphatic heterocycles. The summed E-state index contributed by atoms with van der Waals surface area (Å²) in [4.78, 5) is 82.0. The number of methoxy groups -OCH3 is 1. The molecule has 0 aromatic heterocycles. The van der Waals surface area contributed by atoms with Crippen molar-refractivity contribution >= 4 is 71.4 Å². The molecular formula is C25H31NaO23. The average Bonchev–Trinajstić information content (AvgIpc) is 3.09. The summed E-state index contributed by atoms with van der Waals surface area (Å²) in [7, 11) is 0.762. The van der Waals surface area contributed by atoms with Crippen molar-refractivity contribution in [1.29, 1.82) is 0 Å². The monoisotopic (exact) mass is 722 g/mol. The van der Waals surface area contributed by atoms with Crippen molar-refractivity contribution in [3.8, 4) is 28.7 Å². The Bertz CT molecular complexity index is 1360. The first-order valence-corrected chi connectivity index (χ1v) is 12.8. The number of hydrogen-bond donors (Lipinski definition) is 10. The third-order valence-corrected chi connectivity index (χ3v) is 5.15. The molecule has 0 bridgehead atoms. The Morgan fingerprint density at radius 1 is 0.510 bits per heavy atom. The molecule has 23 nitrogen and oxygen atoms in total. The van der Waals surface area contributed by atoms with Gasteiger partial charge in [0.1, 0.15) is 0 Å². The molecule has 0 amide bonds. The minimum absolute atomic E-state index is 0. The molecule has 0 heterocycles. The Balaban J connectivity index is 0.0000230. The number of ether oxygens (including phenoxy) is 5. The van der Waals surface area contributed by atoms with Crippen LogP contribution in [0.1, 0.15) is 5.56 Å². The van der Waals surface area contributed by atoms with Crippen LogP contribution in [0.5, 0.6) is 28.7 Å². The third kappa shape index (κ3) is 12.9. The molecule has 1 aromatic rings. The number of benzene rings is 1. The van der Waals surface area contributed by atoms with Crippen LogP contribution in [-0.4, -0.2) is 187 Å². The van der Waals surface area contributed by atoms with Crippen LogP contribution in [0.4, 0.5) is 0 Å². The van der Waals surface area contributed by atoms with Crippen LogP contribution in [0.25, 0.3) is 6.08 Å². The van der Waals surface area contributed by atoms with Crippen LogP contribution in [0.15, 0.2) is 6.08 Å². The van der Waals surface area contributed by atoms with Crippen molar-refractivity contribution < 1.29 is 113 Å². The third-order valence-electron chi connectivity index (χ3n) is 5.15. The Hall–Kier alpha value is -3.82. The average molecular weight is 722 g/mol. The number of aliphatic hydroxyl groups excluding tert-OH is 10. The number of aliphatic hydroxyl groups is 10. The zero-order valence-electron chi connectivity index (χ0n) is 24.4. The van der Waals surface area contributed by atoms with Gasteiger partial charge in [-0.1, -0.05) is 0 Å². The second-order valence-corrected chi connectivity index (χ2v) is 8.58. The summed E-state index contributed by atoms with van der Waals surface area (Å²) >= 11 is 0. The Labute approximate surface area is 295 Å². The van der Waals surface area contributed by atoms with Gasteiger partial charge in [-0.2, -0.15) is 0 Å². The molecule has 1 rings (SSSR count). The van der Waals surface area contributed by atoms with Gasteiger partial charge in [-0.15, -0.1) is 0 Å². The fourth-order valence-corrected chi connectivity index (χ4v) is 2.75. The first-order valence-electron chi connectivity index (χ1n) is 12.8. The molecule has 0 radical (unpaired) electrons. The fraction of sp³-hybridized carbons (Fsp3) is 0.440. The molecule has 0 aliphatic carbocycles. The molecule has 0 fully saturated rings. The van der Waals surface area contributed by atoms with E-state index in [0.29, 0.717) is 6.08 Å². The van der Waals surface area contributed by atoms with E-state index in [2.05, 4.69) is 9.78 Å². The predicted molar refractivity (Wildman–Crippen MR) is 149 cm³/mol. The molecule has 10 N–H and O–H groups in total. The number of hydrogen-bond acceptors (Lipinski definition) is 23. The zero-order valence-corrected chi connectivity index (χ0v) is 24.4. The molecule has 0 saturated heterocycles. The van der Waals surface area contributed by atoms with Crippen molar-refractivity contribution in [2.24, 2.45) is 0 Å². The summed E-state index contributed by atoms with van der Waals surface area (Å²) in [5.74, 6) is -16.6. The van der Waals surface area contributed by atoms with Crippen LogP contribution < -0.4 is 23.7 Å². The van der Waals surface area contributed by atoms with E-state index in [1.54, 1.807) is 0 Å². The molecule has 5 unspecified atom stereocenters. The van der Waals surface area contributed by atoms with Crippen molar-refractivity contribution in [1.82, 2.24) is 0 Å². The van der Waals surface area contributed by atoms with Gasteiger partial charge in [0.25, 0.3) is 0 Å². The summed E-state index contributed by atoms with van der Waals surface area (Å²) in [6.07, 6.45) is -10.8. The van der Waals surface area contributed by atoms with Gasteiger partial charge in [0.15, 0.2) is 42.0 Å². The summed E-state index contributed by atoms with van der Waals surface area (Å²) in [5, 5.41) is 93.9. The molecule has 5 atom stereocenters. The van der Waals surface area contributed by atoms with Gasteiger partial charge in [-0.05, 0) is 6.08 Å². The maximum absolute atomic E-state index is 12.6. The van der Waals surface area contributed by atoms with E-state index >= 15 is 0 Å². The number of esters is 4. The van der Waals surface area contributed by atoms with Gasteiger partial charge in [0, 0.05) is 6.08 Å². The van der Waals surface area contributed by atoms with E-state index in [-0.39, 0.29) is 35.6 Å². The van der Waals surface area contributed by atoms with Crippen molar-refractivity contribution in [2.75, 3.05) is 40.1 Å². The van der Waals surface area contributed by atoms with Crippen LogP contribution in [0.3, 0.4) is 0 Å². The normalized spacial score (nSPS) is 13.9. The van der Waals surface area contributed by atoms with Crippen molar-refractivity contribution in [2.45, 2.75) is 30.5 Å². The van der Waals surface area contributed by atoms with Crippen molar-refractivity contribution in [3.63, 3.8) is 0 Å². The minimum atomic E-state index is -2.39. The molecule has 270 valence electrons. The van der Waals surface area contributed by atoms with Gasteiger partial charge in [0.2, 0.25) is 17.2 Å². The summed E-state index contributed by atoms with van der Waals surface area (Å²) < 4.78 is 24.8. The van der Waals surface area contributed by atoms with Crippen LogP contribution in [-0.2, 0) is 38.5 Å². The summed E-state index contributed by atoms with van der Waals surface area (Å²) in [6, 6.07) is 0. The molecule has 0 spiro atoms. The summed E-state index contributed by atoms with van der Waals surface area (Å²) in [6.45, 7) is -6.31. The predicted octanol–water partition coefficient (Wildman–Crippen LogP) is -7.55. The van der Waals surface area contributed by atoms with E-state index < -0.39 is 134 Å².